The van der Waals surface area contributed by atoms with Gasteiger partial charge < -0.3 is 10.1 Å². The molecular formula is C16H33NO5S. The van der Waals surface area contributed by atoms with Crippen molar-refractivity contribution in [1.82, 2.24) is 5.32 Å². The van der Waals surface area contributed by atoms with Crippen LogP contribution in [0, 0.1) is 0 Å². The summed E-state index contributed by atoms with van der Waals surface area (Å²) in [4.78, 5) is 0. The Kier molecular flexibility index (Phi) is 6.39. The summed E-state index contributed by atoms with van der Waals surface area (Å²) >= 11 is -2.31. The lowest BCUT2D eigenvalue weighted by molar-refractivity contribution is -0.112. The van der Waals surface area contributed by atoms with Crippen molar-refractivity contribution < 1.29 is 21.5 Å². The van der Waals surface area contributed by atoms with E-state index >= 15 is 0 Å². The Morgan fingerprint density at radius 3 is 1.83 bits per heavy atom. The van der Waals surface area contributed by atoms with Gasteiger partial charge in [0.25, 0.3) is 0 Å². The van der Waals surface area contributed by atoms with Gasteiger partial charge in [-0.05, 0) is 54.4 Å². The summed E-state index contributed by atoms with van der Waals surface area (Å²) in [6.45, 7) is 14.6. The van der Waals surface area contributed by atoms with Crippen molar-refractivity contribution in [1.29, 1.82) is 0 Å². The van der Waals surface area contributed by atoms with Crippen molar-refractivity contribution in [2.45, 2.75) is 77.7 Å². The van der Waals surface area contributed by atoms with E-state index in [1.165, 1.54) is 0 Å². The summed E-state index contributed by atoms with van der Waals surface area (Å²) in [6, 6.07) is 0. The Morgan fingerprint density at radius 1 is 0.913 bits per heavy atom. The Bertz CT molecular complexity index is 359. The third-order valence-electron chi connectivity index (χ3n) is 3.86. The molecular weight excluding hydrogens is 318 g/mol. The minimum atomic E-state index is -2.31. The molecule has 0 atom stereocenters. The molecule has 0 aromatic rings. The summed E-state index contributed by atoms with van der Waals surface area (Å²) in [5, 5.41) is 3.67. The molecule has 0 amide bonds. The molecule has 0 bridgehead atoms. The van der Waals surface area contributed by atoms with Crippen molar-refractivity contribution in [2.75, 3.05) is 26.4 Å². The van der Waals surface area contributed by atoms with E-state index < -0.39 is 11.2 Å². The minimum absolute atomic E-state index is 0.0639. The van der Waals surface area contributed by atoms with Crippen LogP contribution in [0.2, 0.25) is 0 Å². The van der Waals surface area contributed by atoms with Crippen LogP contribution >= 0.6 is 11.2 Å². The number of piperidine rings is 1. The molecule has 2 rings (SSSR count). The fourth-order valence-corrected chi connectivity index (χ4v) is 5.16. The van der Waals surface area contributed by atoms with E-state index in [9.17, 15) is 0 Å². The van der Waals surface area contributed by atoms with E-state index in [-0.39, 0.29) is 23.3 Å². The Morgan fingerprint density at radius 2 is 1.39 bits per heavy atom. The first-order valence-corrected chi connectivity index (χ1v) is 9.88. The molecule has 2 fully saturated rings. The van der Waals surface area contributed by atoms with Gasteiger partial charge in [-0.3, -0.25) is 16.7 Å². The Balaban J connectivity index is 1.88. The lowest BCUT2D eigenvalue weighted by Crippen LogP contribution is -2.60. The molecule has 0 unspecified atom stereocenters. The number of nitrogens with one attached hydrogen (secondary N) is 1. The van der Waals surface area contributed by atoms with Gasteiger partial charge in [-0.25, -0.2) is 0 Å². The summed E-state index contributed by atoms with van der Waals surface area (Å²) in [7, 11) is 0. The molecule has 0 aromatic heterocycles. The zero-order chi connectivity index (χ0) is 17.1. The van der Waals surface area contributed by atoms with Gasteiger partial charge in [0.1, 0.15) is 6.10 Å². The van der Waals surface area contributed by atoms with Crippen molar-refractivity contribution in [3.8, 4) is 0 Å². The van der Waals surface area contributed by atoms with Crippen molar-refractivity contribution in [3.05, 3.63) is 0 Å². The quantitative estimate of drug-likeness (QED) is 0.793. The van der Waals surface area contributed by atoms with Crippen LogP contribution in [-0.2, 0) is 21.5 Å². The lowest BCUT2D eigenvalue weighted by atomic mass is 9.81. The molecule has 0 spiro atoms. The topological polar surface area (TPSA) is 58.2 Å². The molecule has 0 aromatic carbocycles. The van der Waals surface area contributed by atoms with Crippen LogP contribution in [0.15, 0.2) is 0 Å². The van der Waals surface area contributed by atoms with E-state index in [0.717, 1.165) is 12.8 Å². The SMILES string of the molecule is CCOS1(OCC)OCC(OC2CC(C)(C)NC(C)(C)C2)CO1. The first-order valence-electron chi connectivity index (χ1n) is 8.55. The van der Waals surface area contributed by atoms with Gasteiger partial charge in [0.2, 0.25) is 11.2 Å². The average molecular weight is 352 g/mol. The average Bonchev–Trinajstić information content (AvgIpc) is 2.38. The normalized spacial score (nSPS) is 29.3. The van der Waals surface area contributed by atoms with Gasteiger partial charge in [0.05, 0.1) is 32.5 Å². The van der Waals surface area contributed by atoms with E-state index in [2.05, 4.69) is 33.0 Å². The highest BCUT2D eigenvalue weighted by Crippen LogP contribution is 2.54. The van der Waals surface area contributed by atoms with Crippen LogP contribution in [-0.4, -0.2) is 49.7 Å². The van der Waals surface area contributed by atoms with Crippen molar-refractivity contribution in [2.24, 2.45) is 0 Å². The van der Waals surface area contributed by atoms with E-state index in [4.69, 9.17) is 21.5 Å². The molecule has 2 aliphatic heterocycles. The molecule has 0 saturated carbocycles. The van der Waals surface area contributed by atoms with Gasteiger partial charge >= 0.3 is 0 Å². The van der Waals surface area contributed by atoms with Gasteiger partial charge in [0, 0.05) is 11.1 Å². The van der Waals surface area contributed by atoms with E-state index in [1.807, 2.05) is 13.8 Å². The summed E-state index contributed by atoms with van der Waals surface area (Å²) < 4.78 is 29.0. The van der Waals surface area contributed by atoms with Gasteiger partial charge in [-0.15, -0.1) is 0 Å². The van der Waals surface area contributed by atoms with Crippen LogP contribution in [0.1, 0.15) is 54.4 Å². The third kappa shape index (κ3) is 5.56. The molecule has 0 aliphatic carbocycles. The molecule has 23 heavy (non-hydrogen) atoms. The predicted molar refractivity (Wildman–Crippen MR) is 91.9 cm³/mol. The number of ether oxygens (including phenoxy) is 1. The number of hydrogen-bond donors (Lipinski definition) is 1. The van der Waals surface area contributed by atoms with Crippen LogP contribution < -0.4 is 5.32 Å². The van der Waals surface area contributed by atoms with E-state index in [0.29, 0.717) is 26.4 Å². The molecule has 2 saturated heterocycles. The summed E-state index contributed by atoms with van der Waals surface area (Å²) in [5.74, 6) is 0. The van der Waals surface area contributed by atoms with Crippen LogP contribution in [0.4, 0.5) is 0 Å². The maximum Gasteiger partial charge on any atom is 0.224 e. The zero-order valence-electron chi connectivity index (χ0n) is 15.3. The molecule has 7 heteroatoms. The molecule has 0 radical (unpaired) electrons. The smallest absolute Gasteiger partial charge is 0.224 e. The predicted octanol–water partition coefficient (Wildman–Crippen LogP) is 3.27. The molecule has 6 nitrogen and oxygen atoms in total. The Labute approximate surface area is 142 Å². The van der Waals surface area contributed by atoms with Crippen LogP contribution in [0.3, 0.4) is 0 Å². The lowest BCUT2D eigenvalue weighted by Gasteiger charge is -2.48. The molecule has 2 aliphatic rings. The fourth-order valence-electron chi connectivity index (χ4n) is 3.53. The van der Waals surface area contributed by atoms with Crippen LogP contribution in [0.25, 0.3) is 0 Å². The summed E-state index contributed by atoms with van der Waals surface area (Å²) in [6.07, 6.45) is 2.07. The largest absolute Gasteiger partial charge is 0.370 e. The number of rotatable bonds is 6. The molecule has 138 valence electrons. The minimum Gasteiger partial charge on any atom is -0.370 e. The standard InChI is InChI=1S/C16H33NO5S/c1-7-18-23(19-8-2)20-11-14(12-21-23)22-13-9-15(3,4)17-16(5,6)10-13/h13-14,17H,7-12H2,1-6H3. The maximum atomic E-state index is 6.27. The maximum absolute atomic E-state index is 6.27. The van der Waals surface area contributed by atoms with Gasteiger partial charge in [-0.2, -0.15) is 0 Å². The van der Waals surface area contributed by atoms with Gasteiger partial charge in [0.15, 0.2) is 0 Å². The third-order valence-corrected chi connectivity index (χ3v) is 5.76. The molecule has 2 heterocycles. The first kappa shape index (κ1) is 19.4. The van der Waals surface area contributed by atoms with Crippen LogP contribution in [0.5, 0.6) is 0 Å². The summed E-state index contributed by atoms with van der Waals surface area (Å²) in [5.41, 5.74) is 0.128. The second-order valence-corrected chi connectivity index (χ2v) is 9.23. The molecule has 1 N–H and O–H groups in total. The van der Waals surface area contributed by atoms with Gasteiger partial charge in [-0.1, -0.05) is 0 Å². The van der Waals surface area contributed by atoms with Crippen molar-refractivity contribution >= 4 is 11.2 Å². The highest BCUT2D eigenvalue weighted by molar-refractivity contribution is 8.17. The second kappa shape index (κ2) is 7.56. The first-order chi connectivity index (χ1) is 10.7. The zero-order valence-corrected chi connectivity index (χ0v) is 16.2. The Hall–Kier alpha value is 0.110. The highest BCUT2D eigenvalue weighted by atomic mass is 32.3. The second-order valence-electron chi connectivity index (χ2n) is 7.47. The monoisotopic (exact) mass is 351 g/mol. The van der Waals surface area contributed by atoms with E-state index in [1.54, 1.807) is 0 Å². The highest BCUT2D eigenvalue weighted by Gasteiger charge is 2.41. The fraction of sp³-hybridized carbons (Fsp3) is 1.00. The van der Waals surface area contributed by atoms with Crippen molar-refractivity contribution in [3.63, 3.8) is 0 Å². The number of hydrogen-bond acceptors (Lipinski definition) is 6.